The van der Waals surface area contributed by atoms with Crippen molar-refractivity contribution < 1.29 is 4.74 Å². The fraction of sp³-hybridized carbons (Fsp3) is 0.368. The SMILES string of the molecule is COc1ccc(CNCCN2CCCc3ccccc32)cc1. The standard InChI is InChI=1S/C19H24N2O/c1-22-18-10-8-16(9-11-18)15-20-12-14-21-13-4-6-17-5-2-3-7-19(17)21/h2-3,5,7-11,20H,4,6,12-15H2,1H3. The maximum atomic E-state index is 5.18. The molecule has 3 heteroatoms. The third-order valence-corrected chi connectivity index (χ3v) is 4.25. The number of benzene rings is 2. The van der Waals surface area contributed by atoms with E-state index in [0.29, 0.717) is 0 Å². The number of hydrogen-bond donors (Lipinski definition) is 1. The van der Waals surface area contributed by atoms with Crippen LogP contribution in [-0.2, 0) is 13.0 Å². The number of aryl methyl sites for hydroxylation is 1. The quantitative estimate of drug-likeness (QED) is 0.828. The van der Waals surface area contributed by atoms with E-state index in [1.54, 1.807) is 7.11 Å². The molecule has 0 fully saturated rings. The molecule has 3 rings (SSSR count). The normalized spacial score (nSPS) is 13.8. The van der Waals surface area contributed by atoms with Crippen LogP contribution in [0.15, 0.2) is 48.5 Å². The Morgan fingerprint density at radius 1 is 1.09 bits per heavy atom. The van der Waals surface area contributed by atoms with Crippen molar-refractivity contribution in [2.24, 2.45) is 0 Å². The molecule has 2 aromatic carbocycles. The van der Waals surface area contributed by atoms with E-state index in [1.165, 1.54) is 36.2 Å². The molecular formula is C19H24N2O. The minimum atomic E-state index is 0.902. The highest BCUT2D eigenvalue weighted by atomic mass is 16.5. The largest absolute Gasteiger partial charge is 0.497 e. The number of nitrogens with zero attached hydrogens (tertiary/aromatic N) is 1. The molecule has 0 amide bonds. The van der Waals surface area contributed by atoms with Gasteiger partial charge in [-0.25, -0.2) is 0 Å². The third-order valence-electron chi connectivity index (χ3n) is 4.25. The van der Waals surface area contributed by atoms with E-state index in [9.17, 15) is 0 Å². The third kappa shape index (κ3) is 3.60. The van der Waals surface area contributed by atoms with Gasteiger partial charge in [0.2, 0.25) is 0 Å². The first-order valence-electron chi connectivity index (χ1n) is 8.03. The minimum Gasteiger partial charge on any atom is -0.497 e. The van der Waals surface area contributed by atoms with Gasteiger partial charge in [-0.2, -0.15) is 0 Å². The number of para-hydroxylation sites is 1. The lowest BCUT2D eigenvalue weighted by Gasteiger charge is -2.31. The number of anilines is 1. The first kappa shape index (κ1) is 14.9. The molecule has 0 aliphatic carbocycles. The van der Waals surface area contributed by atoms with Crippen LogP contribution >= 0.6 is 0 Å². The van der Waals surface area contributed by atoms with Crippen LogP contribution in [0.1, 0.15) is 17.5 Å². The summed E-state index contributed by atoms with van der Waals surface area (Å²) in [6.07, 6.45) is 2.47. The van der Waals surface area contributed by atoms with Crippen molar-refractivity contribution in [3.63, 3.8) is 0 Å². The van der Waals surface area contributed by atoms with Gasteiger partial charge >= 0.3 is 0 Å². The first-order chi connectivity index (χ1) is 10.9. The second kappa shape index (κ2) is 7.32. The number of ether oxygens (including phenoxy) is 1. The van der Waals surface area contributed by atoms with E-state index in [-0.39, 0.29) is 0 Å². The van der Waals surface area contributed by atoms with Crippen LogP contribution < -0.4 is 15.0 Å². The molecule has 1 N–H and O–H groups in total. The molecule has 1 aliphatic rings. The van der Waals surface area contributed by atoms with E-state index in [1.807, 2.05) is 12.1 Å². The fourth-order valence-corrected chi connectivity index (χ4v) is 3.03. The maximum Gasteiger partial charge on any atom is 0.118 e. The summed E-state index contributed by atoms with van der Waals surface area (Å²) in [6.45, 7) is 4.13. The number of nitrogens with one attached hydrogen (secondary N) is 1. The topological polar surface area (TPSA) is 24.5 Å². The summed E-state index contributed by atoms with van der Waals surface area (Å²) in [5.74, 6) is 0.911. The lowest BCUT2D eigenvalue weighted by molar-refractivity contribution is 0.414. The molecular weight excluding hydrogens is 272 g/mol. The van der Waals surface area contributed by atoms with Crippen molar-refractivity contribution in [3.8, 4) is 5.75 Å². The zero-order valence-corrected chi connectivity index (χ0v) is 13.2. The van der Waals surface area contributed by atoms with E-state index < -0.39 is 0 Å². The van der Waals surface area contributed by atoms with Crippen LogP contribution in [0, 0.1) is 0 Å². The zero-order valence-electron chi connectivity index (χ0n) is 13.2. The van der Waals surface area contributed by atoms with Gasteiger partial charge in [0.25, 0.3) is 0 Å². The Kier molecular flexibility index (Phi) is 4.96. The summed E-state index contributed by atoms with van der Waals surface area (Å²) >= 11 is 0. The fourth-order valence-electron chi connectivity index (χ4n) is 3.03. The van der Waals surface area contributed by atoms with Gasteiger partial charge in [-0.3, -0.25) is 0 Å². The molecule has 0 spiro atoms. The first-order valence-corrected chi connectivity index (χ1v) is 8.03. The van der Waals surface area contributed by atoms with Crippen molar-refractivity contribution in [1.82, 2.24) is 5.32 Å². The van der Waals surface area contributed by atoms with Crippen molar-refractivity contribution in [1.29, 1.82) is 0 Å². The van der Waals surface area contributed by atoms with Gasteiger partial charge in [0.05, 0.1) is 7.11 Å². The molecule has 1 heterocycles. The number of rotatable bonds is 6. The van der Waals surface area contributed by atoms with Gasteiger partial charge in [0.15, 0.2) is 0 Å². The second-order valence-corrected chi connectivity index (χ2v) is 5.74. The minimum absolute atomic E-state index is 0.902. The van der Waals surface area contributed by atoms with E-state index in [2.05, 4.69) is 46.6 Å². The average molecular weight is 296 g/mol. The predicted octanol–water partition coefficient (Wildman–Crippen LogP) is 3.24. The van der Waals surface area contributed by atoms with E-state index >= 15 is 0 Å². The Balaban J connectivity index is 1.47. The summed E-state index contributed by atoms with van der Waals surface area (Å²) in [6, 6.07) is 17.0. The lowest BCUT2D eigenvalue weighted by atomic mass is 10.0. The molecule has 0 radical (unpaired) electrons. The van der Waals surface area contributed by atoms with Crippen LogP contribution in [-0.4, -0.2) is 26.7 Å². The van der Waals surface area contributed by atoms with Gasteiger partial charge in [-0.05, 0) is 42.2 Å². The van der Waals surface area contributed by atoms with Crippen molar-refractivity contribution in [2.75, 3.05) is 31.6 Å². The molecule has 1 aliphatic heterocycles. The van der Waals surface area contributed by atoms with E-state index in [4.69, 9.17) is 4.74 Å². The van der Waals surface area contributed by atoms with Crippen LogP contribution in [0.3, 0.4) is 0 Å². The molecule has 2 aromatic rings. The monoisotopic (exact) mass is 296 g/mol. The van der Waals surface area contributed by atoms with Gasteiger partial charge in [0, 0.05) is 31.9 Å². The van der Waals surface area contributed by atoms with Gasteiger partial charge in [-0.15, -0.1) is 0 Å². The van der Waals surface area contributed by atoms with Crippen molar-refractivity contribution in [2.45, 2.75) is 19.4 Å². The Morgan fingerprint density at radius 2 is 1.91 bits per heavy atom. The summed E-state index contributed by atoms with van der Waals surface area (Å²) in [5, 5.41) is 3.53. The number of methoxy groups -OCH3 is 1. The maximum absolute atomic E-state index is 5.18. The molecule has 0 aromatic heterocycles. The van der Waals surface area contributed by atoms with Crippen LogP contribution in [0.4, 0.5) is 5.69 Å². The molecule has 0 atom stereocenters. The Labute approximate surface area is 132 Å². The molecule has 0 saturated carbocycles. The van der Waals surface area contributed by atoms with Gasteiger partial charge in [-0.1, -0.05) is 30.3 Å². The smallest absolute Gasteiger partial charge is 0.118 e. The molecule has 22 heavy (non-hydrogen) atoms. The number of hydrogen-bond acceptors (Lipinski definition) is 3. The highest BCUT2D eigenvalue weighted by Crippen LogP contribution is 2.25. The molecule has 0 saturated heterocycles. The zero-order chi connectivity index (χ0) is 15.2. The summed E-state index contributed by atoms with van der Waals surface area (Å²) in [4.78, 5) is 2.50. The van der Waals surface area contributed by atoms with Crippen LogP contribution in [0.25, 0.3) is 0 Å². The predicted molar refractivity (Wildman–Crippen MR) is 91.7 cm³/mol. The molecule has 116 valence electrons. The van der Waals surface area contributed by atoms with Crippen molar-refractivity contribution in [3.05, 3.63) is 59.7 Å². The highest BCUT2D eigenvalue weighted by Gasteiger charge is 2.15. The van der Waals surface area contributed by atoms with Gasteiger partial charge in [0.1, 0.15) is 5.75 Å². The molecule has 3 nitrogen and oxygen atoms in total. The molecule has 0 bridgehead atoms. The summed E-state index contributed by atoms with van der Waals surface area (Å²) in [5.41, 5.74) is 4.20. The second-order valence-electron chi connectivity index (χ2n) is 5.74. The molecule has 0 unspecified atom stereocenters. The Hall–Kier alpha value is -2.00. The lowest BCUT2D eigenvalue weighted by Crippen LogP contribution is -2.35. The Bertz CT molecular complexity index is 595. The number of fused-ring (bicyclic) bond motifs is 1. The summed E-state index contributed by atoms with van der Waals surface area (Å²) < 4.78 is 5.18. The van der Waals surface area contributed by atoms with Crippen LogP contribution in [0.5, 0.6) is 5.75 Å². The average Bonchev–Trinajstić information content (AvgIpc) is 2.59. The summed E-state index contributed by atoms with van der Waals surface area (Å²) in [7, 11) is 1.70. The van der Waals surface area contributed by atoms with E-state index in [0.717, 1.165) is 25.4 Å². The van der Waals surface area contributed by atoms with Gasteiger partial charge < -0.3 is 15.0 Å². The van der Waals surface area contributed by atoms with Crippen molar-refractivity contribution >= 4 is 5.69 Å². The highest BCUT2D eigenvalue weighted by molar-refractivity contribution is 5.55. The Morgan fingerprint density at radius 3 is 2.73 bits per heavy atom. The van der Waals surface area contributed by atoms with Crippen LogP contribution in [0.2, 0.25) is 0 Å².